The zero-order chi connectivity index (χ0) is 18.6. The average molecular weight is 375 g/mol. The van der Waals surface area contributed by atoms with E-state index in [1.165, 1.54) is 12.8 Å². The summed E-state index contributed by atoms with van der Waals surface area (Å²) in [6.07, 6.45) is 2.41. The number of para-hydroxylation sites is 2. The maximum atomic E-state index is 12.8. The first-order valence-corrected chi connectivity index (χ1v) is 9.57. The van der Waals surface area contributed by atoms with Crippen molar-refractivity contribution < 1.29 is 4.79 Å². The summed E-state index contributed by atoms with van der Waals surface area (Å²) in [4.78, 5) is 15.1. The maximum absolute atomic E-state index is 12.8. The van der Waals surface area contributed by atoms with E-state index in [-0.39, 0.29) is 5.91 Å². The van der Waals surface area contributed by atoms with Crippen LogP contribution in [0, 0.1) is 0 Å². The van der Waals surface area contributed by atoms with Crippen molar-refractivity contribution in [2.45, 2.75) is 12.8 Å². The van der Waals surface area contributed by atoms with Crippen LogP contribution in [0.25, 0.3) is 10.8 Å². The largest absolute Gasteiger partial charge is 0.370 e. The van der Waals surface area contributed by atoms with Crippen LogP contribution in [0.5, 0.6) is 0 Å². The van der Waals surface area contributed by atoms with Crippen molar-refractivity contribution in [3.63, 3.8) is 0 Å². The summed E-state index contributed by atoms with van der Waals surface area (Å²) >= 11 is 5.41. The van der Waals surface area contributed by atoms with Gasteiger partial charge in [0.15, 0.2) is 5.11 Å². The minimum Gasteiger partial charge on any atom is -0.370 e. The van der Waals surface area contributed by atoms with E-state index in [1.807, 2.05) is 60.7 Å². The summed E-state index contributed by atoms with van der Waals surface area (Å²) in [6, 6.07) is 21.6. The quantitative estimate of drug-likeness (QED) is 0.659. The van der Waals surface area contributed by atoms with E-state index in [2.05, 4.69) is 21.6 Å². The van der Waals surface area contributed by atoms with Gasteiger partial charge in [-0.05, 0) is 54.0 Å². The molecule has 3 aromatic carbocycles. The number of carbonyl (C=O) groups is 1. The molecular weight excluding hydrogens is 354 g/mol. The lowest BCUT2D eigenvalue weighted by Gasteiger charge is -2.22. The number of anilines is 2. The highest BCUT2D eigenvalue weighted by molar-refractivity contribution is 7.80. The Morgan fingerprint density at radius 2 is 1.59 bits per heavy atom. The first-order chi connectivity index (χ1) is 13.2. The smallest absolute Gasteiger partial charge is 0.258 e. The lowest BCUT2D eigenvalue weighted by molar-refractivity contribution is 0.0979. The number of nitrogens with zero attached hydrogens (tertiary/aromatic N) is 1. The normalized spacial score (nSPS) is 13.6. The van der Waals surface area contributed by atoms with Crippen LogP contribution in [0.3, 0.4) is 0 Å². The van der Waals surface area contributed by atoms with Crippen LogP contribution < -0.4 is 15.5 Å². The van der Waals surface area contributed by atoms with Gasteiger partial charge in [-0.1, -0.05) is 48.5 Å². The van der Waals surface area contributed by atoms with Gasteiger partial charge in [0.1, 0.15) is 0 Å². The van der Waals surface area contributed by atoms with E-state index in [9.17, 15) is 4.79 Å². The Balaban J connectivity index is 1.51. The SMILES string of the molecule is O=C(NC(=S)Nc1ccccc1N1CCCC1)c1cccc2ccccc12. The molecule has 0 spiro atoms. The Kier molecular flexibility index (Phi) is 5.03. The molecule has 136 valence electrons. The first-order valence-electron chi connectivity index (χ1n) is 9.16. The van der Waals surface area contributed by atoms with Crippen molar-refractivity contribution in [1.82, 2.24) is 5.32 Å². The molecule has 1 aliphatic rings. The van der Waals surface area contributed by atoms with Crippen molar-refractivity contribution in [2.24, 2.45) is 0 Å². The van der Waals surface area contributed by atoms with Crippen molar-refractivity contribution in [2.75, 3.05) is 23.3 Å². The van der Waals surface area contributed by atoms with Crippen LogP contribution in [0.2, 0.25) is 0 Å². The lowest BCUT2D eigenvalue weighted by Crippen LogP contribution is -2.34. The zero-order valence-electron chi connectivity index (χ0n) is 14.9. The van der Waals surface area contributed by atoms with Gasteiger partial charge in [0.05, 0.1) is 11.4 Å². The van der Waals surface area contributed by atoms with Crippen molar-refractivity contribution in [1.29, 1.82) is 0 Å². The molecule has 0 aliphatic carbocycles. The van der Waals surface area contributed by atoms with Crippen molar-refractivity contribution in [3.8, 4) is 0 Å². The molecule has 27 heavy (non-hydrogen) atoms. The Morgan fingerprint density at radius 3 is 2.44 bits per heavy atom. The van der Waals surface area contributed by atoms with E-state index in [0.717, 1.165) is 35.2 Å². The number of benzene rings is 3. The zero-order valence-corrected chi connectivity index (χ0v) is 15.8. The minimum atomic E-state index is -0.206. The highest BCUT2D eigenvalue weighted by Crippen LogP contribution is 2.28. The third-order valence-corrected chi connectivity index (χ3v) is 5.06. The van der Waals surface area contributed by atoms with Crippen LogP contribution in [0.15, 0.2) is 66.7 Å². The molecule has 0 unspecified atom stereocenters. The number of thiocarbonyl (C=S) groups is 1. The number of hydrogen-bond acceptors (Lipinski definition) is 3. The van der Waals surface area contributed by atoms with Gasteiger partial charge in [0, 0.05) is 18.7 Å². The minimum absolute atomic E-state index is 0.206. The van der Waals surface area contributed by atoms with E-state index in [1.54, 1.807) is 0 Å². The van der Waals surface area contributed by atoms with Crippen LogP contribution in [0.1, 0.15) is 23.2 Å². The van der Waals surface area contributed by atoms with Gasteiger partial charge in [0.25, 0.3) is 5.91 Å². The predicted octanol–water partition coefficient (Wildman–Crippen LogP) is 4.57. The van der Waals surface area contributed by atoms with E-state index in [0.29, 0.717) is 10.7 Å². The molecule has 4 rings (SSSR count). The summed E-state index contributed by atoms with van der Waals surface area (Å²) in [5, 5.41) is 8.26. The topological polar surface area (TPSA) is 44.4 Å². The van der Waals surface area contributed by atoms with E-state index >= 15 is 0 Å². The molecule has 0 bridgehead atoms. The third kappa shape index (κ3) is 3.78. The van der Waals surface area contributed by atoms with Gasteiger partial charge < -0.3 is 10.2 Å². The average Bonchev–Trinajstić information content (AvgIpc) is 3.22. The first kappa shape index (κ1) is 17.5. The van der Waals surface area contributed by atoms with Gasteiger partial charge >= 0.3 is 0 Å². The fourth-order valence-corrected chi connectivity index (χ4v) is 3.76. The number of amides is 1. The number of carbonyl (C=O) groups excluding carboxylic acids is 1. The second-order valence-electron chi connectivity index (χ2n) is 6.65. The summed E-state index contributed by atoms with van der Waals surface area (Å²) < 4.78 is 0. The second-order valence-corrected chi connectivity index (χ2v) is 7.05. The molecule has 3 aromatic rings. The molecule has 1 aliphatic heterocycles. The molecule has 1 heterocycles. The summed E-state index contributed by atoms with van der Waals surface area (Å²) in [5.41, 5.74) is 2.66. The fourth-order valence-electron chi connectivity index (χ4n) is 3.56. The highest BCUT2D eigenvalue weighted by atomic mass is 32.1. The molecule has 1 amide bonds. The molecule has 1 fully saturated rings. The van der Waals surface area contributed by atoms with Crippen LogP contribution in [-0.4, -0.2) is 24.1 Å². The highest BCUT2D eigenvalue weighted by Gasteiger charge is 2.17. The number of hydrogen-bond donors (Lipinski definition) is 2. The second kappa shape index (κ2) is 7.76. The molecule has 1 saturated heterocycles. The van der Waals surface area contributed by atoms with Gasteiger partial charge in [-0.3, -0.25) is 10.1 Å². The third-order valence-electron chi connectivity index (χ3n) is 4.86. The van der Waals surface area contributed by atoms with Gasteiger partial charge in [0.2, 0.25) is 0 Å². The Hall–Kier alpha value is -2.92. The summed E-state index contributed by atoms with van der Waals surface area (Å²) in [5.74, 6) is -0.206. The van der Waals surface area contributed by atoms with Crippen LogP contribution >= 0.6 is 12.2 Å². The standard InChI is InChI=1S/C22H21N3OS/c26-21(18-11-7-9-16-8-1-2-10-17(16)18)24-22(27)23-19-12-3-4-13-20(19)25-14-5-6-15-25/h1-4,7-13H,5-6,14-15H2,(H2,23,24,26,27). The Bertz CT molecular complexity index is 990. The predicted molar refractivity (Wildman–Crippen MR) is 116 cm³/mol. The Labute approximate surface area is 164 Å². The molecule has 4 nitrogen and oxygen atoms in total. The monoisotopic (exact) mass is 375 g/mol. The van der Waals surface area contributed by atoms with Gasteiger partial charge in [-0.25, -0.2) is 0 Å². The van der Waals surface area contributed by atoms with Gasteiger partial charge in [-0.2, -0.15) is 0 Å². The molecule has 0 aromatic heterocycles. The molecule has 0 atom stereocenters. The summed E-state index contributed by atoms with van der Waals surface area (Å²) in [6.45, 7) is 2.10. The van der Waals surface area contributed by atoms with Gasteiger partial charge in [-0.15, -0.1) is 0 Å². The molecule has 5 heteroatoms. The number of rotatable bonds is 3. The molecule has 0 saturated carbocycles. The molecule has 0 radical (unpaired) electrons. The fraction of sp³-hybridized carbons (Fsp3) is 0.182. The van der Waals surface area contributed by atoms with Crippen molar-refractivity contribution in [3.05, 3.63) is 72.3 Å². The van der Waals surface area contributed by atoms with E-state index < -0.39 is 0 Å². The lowest BCUT2D eigenvalue weighted by atomic mass is 10.0. The molecule has 2 N–H and O–H groups in total. The molecular formula is C22H21N3OS. The maximum Gasteiger partial charge on any atom is 0.258 e. The van der Waals surface area contributed by atoms with Crippen LogP contribution in [0.4, 0.5) is 11.4 Å². The van der Waals surface area contributed by atoms with Crippen molar-refractivity contribution >= 4 is 45.4 Å². The van der Waals surface area contributed by atoms with E-state index in [4.69, 9.17) is 12.2 Å². The van der Waals surface area contributed by atoms with Crippen LogP contribution in [-0.2, 0) is 0 Å². The number of fused-ring (bicyclic) bond motifs is 1. The number of nitrogens with one attached hydrogen (secondary N) is 2. The Morgan fingerprint density at radius 1 is 0.889 bits per heavy atom. The summed E-state index contributed by atoms with van der Waals surface area (Å²) in [7, 11) is 0.